The van der Waals surface area contributed by atoms with Crippen LogP contribution in [0.5, 0.6) is 0 Å². The van der Waals surface area contributed by atoms with Crippen LogP contribution in [0, 0.1) is 11.6 Å². The zero-order valence-corrected chi connectivity index (χ0v) is 16.2. The second-order valence-electron chi connectivity index (χ2n) is 7.19. The van der Waals surface area contributed by atoms with Crippen LogP contribution in [0.4, 0.5) is 20.2 Å². The van der Waals surface area contributed by atoms with Gasteiger partial charge in [-0.3, -0.25) is 10.8 Å². The van der Waals surface area contributed by atoms with Gasteiger partial charge < -0.3 is 10.6 Å². The van der Waals surface area contributed by atoms with Gasteiger partial charge in [0.2, 0.25) is 5.96 Å². The topological polar surface area (TPSA) is 91.1 Å². The summed E-state index contributed by atoms with van der Waals surface area (Å²) in [5, 5.41) is 13.5. The molecule has 154 valence electrons. The summed E-state index contributed by atoms with van der Waals surface area (Å²) in [6.07, 6.45) is 0. The molecule has 0 aliphatic carbocycles. The monoisotopic (exact) mass is 416 g/mol. The van der Waals surface area contributed by atoms with Crippen molar-refractivity contribution in [1.29, 1.82) is 0 Å². The minimum Gasteiger partial charge on any atom is -0.329 e. The Balaban J connectivity index is 1.54. The van der Waals surface area contributed by atoms with E-state index in [1.807, 2.05) is 60.7 Å². The Morgan fingerprint density at radius 1 is 0.903 bits per heavy atom. The molecule has 0 saturated carbocycles. The van der Waals surface area contributed by atoms with E-state index in [-0.39, 0.29) is 11.6 Å². The van der Waals surface area contributed by atoms with E-state index < -0.39 is 17.3 Å². The van der Waals surface area contributed by atoms with Crippen LogP contribution < -0.4 is 16.4 Å². The quantitative estimate of drug-likeness (QED) is 0.403. The van der Waals surface area contributed by atoms with Crippen molar-refractivity contribution >= 4 is 17.3 Å². The number of fused-ring (bicyclic) bond motifs is 1. The lowest BCUT2D eigenvalue weighted by Crippen LogP contribution is -2.57. The fraction of sp³-hybridized carbons (Fsp3) is 0.0435. The molecule has 31 heavy (non-hydrogen) atoms. The zero-order chi connectivity index (χ0) is 21.4. The lowest BCUT2D eigenvalue weighted by atomic mass is 9.93. The summed E-state index contributed by atoms with van der Waals surface area (Å²) in [5.41, 5.74) is 9.29. The molecule has 1 unspecified atom stereocenters. The van der Waals surface area contributed by atoms with E-state index in [1.165, 1.54) is 6.07 Å². The van der Waals surface area contributed by atoms with Crippen LogP contribution >= 0.6 is 0 Å². The predicted molar refractivity (Wildman–Crippen MR) is 116 cm³/mol. The number of aromatic nitrogens is 2. The predicted octanol–water partition coefficient (Wildman–Crippen LogP) is 4.22. The van der Waals surface area contributed by atoms with Gasteiger partial charge in [-0.1, -0.05) is 48.5 Å². The highest BCUT2D eigenvalue weighted by Gasteiger charge is 2.38. The number of benzene rings is 3. The van der Waals surface area contributed by atoms with Crippen LogP contribution in [0.2, 0.25) is 0 Å². The number of anilines is 1. The number of aromatic amines is 1. The molecular weight excluding hydrogens is 398 g/mol. The summed E-state index contributed by atoms with van der Waals surface area (Å²) in [5.74, 6) is -1.18. The van der Waals surface area contributed by atoms with Crippen LogP contribution in [0.25, 0.3) is 11.3 Å². The first-order chi connectivity index (χ1) is 15.0. The molecular formula is C23H18F2N6. The molecule has 4 aromatic rings. The Morgan fingerprint density at radius 2 is 1.68 bits per heavy atom. The molecule has 6 nitrogen and oxygen atoms in total. The Morgan fingerprint density at radius 3 is 2.48 bits per heavy atom. The average Bonchev–Trinajstić information content (AvgIpc) is 3.28. The standard InChI is InChI=1S/C23H18F2N6/c24-15-10-11-19(17(25)12-15)28-22-27-18-9-5-4-8-16(18)23(26,29-22)21-13-20(30-31-21)14-6-2-1-3-7-14/h1-13H,26H2,(H,30,31)(H2,27,28,29). The van der Waals surface area contributed by atoms with Gasteiger partial charge in [0, 0.05) is 11.6 Å². The fourth-order valence-corrected chi connectivity index (χ4v) is 3.58. The minimum atomic E-state index is -1.24. The number of halogens is 2. The second-order valence-corrected chi connectivity index (χ2v) is 7.19. The second kappa shape index (κ2) is 7.33. The highest BCUT2D eigenvalue weighted by molar-refractivity contribution is 5.98. The molecule has 2 heterocycles. The normalized spacial score (nSPS) is 17.5. The average molecular weight is 416 g/mol. The zero-order valence-electron chi connectivity index (χ0n) is 16.2. The summed E-state index contributed by atoms with van der Waals surface area (Å²) in [6.45, 7) is 0. The van der Waals surface area contributed by atoms with Gasteiger partial charge >= 0.3 is 0 Å². The molecule has 0 amide bonds. The number of aliphatic imine (C=N–C) groups is 1. The molecule has 1 aromatic heterocycles. The van der Waals surface area contributed by atoms with Crippen molar-refractivity contribution in [1.82, 2.24) is 15.5 Å². The maximum atomic E-state index is 14.2. The Bertz CT molecular complexity index is 1280. The number of hydrogen-bond acceptors (Lipinski definition) is 5. The van der Waals surface area contributed by atoms with Crippen LogP contribution in [-0.2, 0) is 5.66 Å². The van der Waals surface area contributed by atoms with Gasteiger partial charge in [0.05, 0.1) is 17.1 Å². The molecule has 8 heteroatoms. The maximum absolute atomic E-state index is 14.2. The van der Waals surface area contributed by atoms with E-state index >= 15 is 0 Å². The van der Waals surface area contributed by atoms with Gasteiger partial charge in [-0.15, -0.1) is 0 Å². The van der Waals surface area contributed by atoms with E-state index in [1.54, 1.807) is 0 Å². The van der Waals surface area contributed by atoms with Crippen LogP contribution in [0.15, 0.2) is 83.9 Å². The molecule has 3 aromatic carbocycles. The molecule has 0 saturated heterocycles. The summed E-state index contributed by atoms with van der Waals surface area (Å²) < 4.78 is 27.4. The van der Waals surface area contributed by atoms with E-state index in [2.05, 4.69) is 25.8 Å². The largest absolute Gasteiger partial charge is 0.329 e. The van der Waals surface area contributed by atoms with Gasteiger partial charge in [-0.05, 0) is 29.8 Å². The third kappa shape index (κ3) is 3.43. The van der Waals surface area contributed by atoms with E-state index in [9.17, 15) is 8.78 Å². The van der Waals surface area contributed by atoms with E-state index in [0.717, 1.165) is 23.4 Å². The number of nitrogens with one attached hydrogen (secondary N) is 3. The van der Waals surface area contributed by atoms with Crippen molar-refractivity contribution in [3.05, 3.63) is 102 Å². The Labute approximate surface area is 176 Å². The number of nitrogens with two attached hydrogens (primary N) is 1. The molecule has 1 aliphatic heterocycles. The number of H-pyrrole nitrogens is 1. The minimum absolute atomic E-state index is 0.0707. The smallest absolute Gasteiger partial charge is 0.203 e. The van der Waals surface area contributed by atoms with Crippen molar-refractivity contribution in [2.45, 2.75) is 5.66 Å². The summed E-state index contributed by atoms with van der Waals surface area (Å²) in [7, 11) is 0. The third-order valence-corrected chi connectivity index (χ3v) is 5.13. The molecule has 0 bridgehead atoms. The SMILES string of the molecule is NC1(c2cc(-c3ccccc3)[nH]n2)NC(Nc2ccc(F)cc2F)=Nc2ccccc21. The van der Waals surface area contributed by atoms with Crippen molar-refractivity contribution in [3.8, 4) is 11.3 Å². The van der Waals surface area contributed by atoms with E-state index in [4.69, 9.17) is 5.73 Å². The fourth-order valence-electron chi connectivity index (χ4n) is 3.58. The molecule has 0 fully saturated rings. The van der Waals surface area contributed by atoms with Crippen LogP contribution in [0.3, 0.4) is 0 Å². The Hall–Kier alpha value is -4.04. The molecule has 1 atom stereocenters. The molecule has 5 N–H and O–H groups in total. The first-order valence-corrected chi connectivity index (χ1v) is 9.61. The molecule has 5 rings (SSSR count). The van der Waals surface area contributed by atoms with Crippen LogP contribution in [-0.4, -0.2) is 16.2 Å². The highest BCUT2D eigenvalue weighted by atomic mass is 19.1. The summed E-state index contributed by atoms with van der Waals surface area (Å²) in [4.78, 5) is 4.51. The maximum Gasteiger partial charge on any atom is 0.203 e. The number of rotatable bonds is 3. The number of nitrogens with zero attached hydrogens (tertiary/aromatic N) is 2. The first kappa shape index (κ1) is 19.0. The van der Waals surface area contributed by atoms with Crippen LogP contribution in [0.1, 0.15) is 11.3 Å². The summed E-state index contributed by atoms with van der Waals surface area (Å²) in [6, 6.07) is 22.2. The highest BCUT2D eigenvalue weighted by Crippen LogP contribution is 2.35. The van der Waals surface area contributed by atoms with Crippen molar-refractivity contribution in [3.63, 3.8) is 0 Å². The molecule has 0 spiro atoms. The number of para-hydroxylation sites is 1. The molecule has 1 aliphatic rings. The van der Waals surface area contributed by atoms with Gasteiger partial charge in [0.1, 0.15) is 17.3 Å². The van der Waals surface area contributed by atoms with Crippen molar-refractivity contribution in [2.24, 2.45) is 10.7 Å². The lowest BCUT2D eigenvalue weighted by molar-refractivity contribution is 0.476. The molecule has 0 radical (unpaired) electrons. The van der Waals surface area contributed by atoms with Gasteiger partial charge in [-0.25, -0.2) is 13.8 Å². The van der Waals surface area contributed by atoms with Gasteiger partial charge in [0.15, 0.2) is 5.66 Å². The van der Waals surface area contributed by atoms with Crippen molar-refractivity contribution in [2.75, 3.05) is 5.32 Å². The Kier molecular flexibility index (Phi) is 4.48. The van der Waals surface area contributed by atoms with E-state index in [0.29, 0.717) is 16.9 Å². The lowest BCUT2D eigenvalue weighted by Gasteiger charge is -2.35. The van der Waals surface area contributed by atoms with Crippen molar-refractivity contribution < 1.29 is 8.78 Å². The van der Waals surface area contributed by atoms with Gasteiger partial charge in [-0.2, -0.15) is 5.10 Å². The number of hydrogen-bond donors (Lipinski definition) is 4. The number of guanidine groups is 1. The summed E-state index contributed by atoms with van der Waals surface area (Å²) >= 11 is 0. The van der Waals surface area contributed by atoms with Gasteiger partial charge in [0.25, 0.3) is 0 Å². The third-order valence-electron chi connectivity index (χ3n) is 5.13. The first-order valence-electron chi connectivity index (χ1n) is 9.61.